The zero-order valence-corrected chi connectivity index (χ0v) is 9.12. The summed E-state index contributed by atoms with van der Waals surface area (Å²) < 4.78 is 0. The summed E-state index contributed by atoms with van der Waals surface area (Å²) in [5.74, 6) is 1.18. The van der Waals surface area contributed by atoms with Crippen LogP contribution >= 0.6 is 0 Å². The zero-order chi connectivity index (χ0) is 12.3. The van der Waals surface area contributed by atoms with Crippen molar-refractivity contribution < 1.29 is 4.92 Å². The summed E-state index contributed by atoms with van der Waals surface area (Å²) in [5.41, 5.74) is 1.04. The van der Waals surface area contributed by atoms with Crippen LogP contribution in [0.4, 0.5) is 17.3 Å². The van der Waals surface area contributed by atoms with Gasteiger partial charge in [0.15, 0.2) is 0 Å². The van der Waals surface area contributed by atoms with E-state index in [-0.39, 0.29) is 5.69 Å². The van der Waals surface area contributed by atoms with Gasteiger partial charge in [-0.3, -0.25) is 10.1 Å². The first kappa shape index (κ1) is 11.0. The topological polar surface area (TPSA) is 81.0 Å². The fourth-order valence-electron chi connectivity index (χ4n) is 1.30. The highest BCUT2D eigenvalue weighted by Crippen LogP contribution is 2.15. The Hall–Kier alpha value is -2.50. The molecule has 2 aromatic heterocycles. The van der Waals surface area contributed by atoms with Gasteiger partial charge in [-0.2, -0.15) is 0 Å². The molecule has 0 bridgehead atoms. The van der Waals surface area contributed by atoms with Crippen molar-refractivity contribution in [2.75, 3.05) is 5.32 Å². The van der Waals surface area contributed by atoms with Gasteiger partial charge < -0.3 is 5.32 Å². The number of rotatable bonds is 3. The number of anilines is 2. The second-order valence-corrected chi connectivity index (χ2v) is 3.50. The van der Waals surface area contributed by atoms with Crippen molar-refractivity contribution in [3.63, 3.8) is 0 Å². The quantitative estimate of drug-likeness (QED) is 0.646. The maximum atomic E-state index is 10.4. The van der Waals surface area contributed by atoms with Crippen molar-refractivity contribution in [3.8, 4) is 0 Å². The molecule has 0 aliphatic carbocycles. The van der Waals surface area contributed by atoms with Crippen molar-refractivity contribution in [3.05, 3.63) is 52.3 Å². The van der Waals surface area contributed by atoms with Crippen LogP contribution in [-0.2, 0) is 0 Å². The van der Waals surface area contributed by atoms with Crippen LogP contribution in [-0.4, -0.2) is 14.9 Å². The van der Waals surface area contributed by atoms with Crippen LogP contribution in [0.25, 0.3) is 0 Å². The van der Waals surface area contributed by atoms with E-state index in [1.165, 1.54) is 12.3 Å². The third-order valence-electron chi connectivity index (χ3n) is 2.13. The van der Waals surface area contributed by atoms with Gasteiger partial charge >= 0.3 is 0 Å². The van der Waals surface area contributed by atoms with Gasteiger partial charge in [0.2, 0.25) is 0 Å². The molecular weight excluding hydrogens is 220 g/mol. The lowest BCUT2D eigenvalue weighted by atomic mass is 10.3. The van der Waals surface area contributed by atoms with E-state index in [1.807, 2.05) is 19.1 Å². The summed E-state index contributed by atoms with van der Waals surface area (Å²) in [6.45, 7) is 1.95. The number of aromatic nitrogens is 2. The molecule has 6 heteroatoms. The number of nitro groups is 1. The molecule has 0 radical (unpaired) electrons. The summed E-state index contributed by atoms with van der Waals surface area (Å²) in [6.07, 6.45) is 2.89. The number of hydrogen-bond acceptors (Lipinski definition) is 5. The minimum Gasteiger partial charge on any atom is -0.325 e. The monoisotopic (exact) mass is 230 g/mol. The van der Waals surface area contributed by atoms with Crippen molar-refractivity contribution in [2.24, 2.45) is 0 Å². The van der Waals surface area contributed by atoms with Crippen LogP contribution in [0.2, 0.25) is 0 Å². The molecule has 0 aliphatic heterocycles. The van der Waals surface area contributed by atoms with E-state index < -0.39 is 4.92 Å². The van der Waals surface area contributed by atoms with E-state index in [9.17, 15) is 10.1 Å². The average Bonchev–Trinajstić information content (AvgIpc) is 2.29. The Morgan fingerprint density at radius 1 is 1.24 bits per heavy atom. The Morgan fingerprint density at radius 2 is 2.06 bits per heavy atom. The minimum absolute atomic E-state index is 0.0345. The summed E-state index contributed by atoms with van der Waals surface area (Å²) in [6, 6.07) is 6.69. The van der Waals surface area contributed by atoms with E-state index in [1.54, 1.807) is 12.3 Å². The molecule has 2 heterocycles. The fraction of sp³-hybridized carbons (Fsp3) is 0.0909. The second kappa shape index (κ2) is 4.56. The molecule has 86 valence electrons. The van der Waals surface area contributed by atoms with E-state index >= 15 is 0 Å². The minimum atomic E-state index is -0.484. The van der Waals surface area contributed by atoms with Crippen LogP contribution in [0.15, 0.2) is 36.7 Å². The van der Waals surface area contributed by atoms with Gasteiger partial charge in [0.25, 0.3) is 5.69 Å². The number of nitrogens with zero attached hydrogens (tertiary/aromatic N) is 3. The first-order chi connectivity index (χ1) is 8.15. The van der Waals surface area contributed by atoms with Gasteiger partial charge in [-0.1, -0.05) is 0 Å². The lowest BCUT2D eigenvalue weighted by Crippen LogP contribution is -1.97. The standard InChI is InChI=1S/C11H10N4O2/c1-8-4-5-12-11(6-8)14-10-3-2-9(7-13-10)15(16)17/h2-7H,1H3,(H,12,13,14). The van der Waals surface area contributed by atoms with Gasteiger partial charge in [0, 0.05) is 12.3 Å². The highest BCUT2D eigenvalue weighted by atomic mass is 16.6. The molecular formula is C11H10N4O2. The third kappa shape index (κ3) is 2.75. The molecule has 0 fully saturated rings. The largest absolute Gasteiger partial charge is 0.325 e. The fourth-order valence-corrected chi connectivity index (χ4v) is 1.30. The Kier molecular flexibility index (Phi) is 2.95. The predicted molar refractivity (Wildman–Crippen MR) is 63.1 cm³/mol. The Balaban J connectivity index is 2.16. The van der Waals surface area contributed by atoms with Crippen molar-refractivity contribution in [2.45, 2.75) is 6.92 Å². The van der Waals surface area contributed by atoms with Crippen LogP contribution < -0.4 is 5.32 Å². The predicted octanol–water partition coefficient (Wildman–Crippen LogP) is 2.44. The van der Waals surface area contributed by atoms with Gasteiger partial charge in [-0.15, -0.1) is 0 Å². The van der Waals surface area contributed by atoms with Crippen LogP contribution in [0.3, 0.4) is 0 Å². The normalized spacial score (nSPS) is 9.94. The molecule has 17 heavy (non-hydrogen) atoms. The van der Waals surface area contributed by atoms with E-state index in [0.29, 0.717) is 11.6 Å². The third-order valence-corrected chi connectivity index (χ3v) is 2.13. The molecule has 0 saturated carbocycles. The smallest absolute Gasteiger partial charge is 0.287 e. The molecule has 1 N–H and O–H groups in total. The van der Waals surface area contributed by atoms with E-state index in [0.717, 1.165) is 5.56 Å². The SMILES string of the molecule is Cc1ccnc(Nc2ccc([N+](=O)[O-])cn2)c1. The summed E-state index contributed by atoms with van der Waals surface area (Å²) >= 11 is 0. The molecule has 0 unspecified atom stereocenters. The summed E-state index contributed by atoms with van der Waals surface area (Å²) in [5, 5.41) is 13.4. The van der Waals surface area contributed by atoms with Crippen molar-refractivity contribution in [1.82, 2.24) is 9.97 Å². The summed E-state index contributed by atoms with van der Waals surface area (Å²) in [4.78, 5) is 18.0. The van der Waals surface area contributed by atoms with Crippen molar-refractivity contribution in [1.29, 1.82) is 0 Å². The molecule has 2 rings (SSSR count). The first-order valence-electron chi connectivity index (χ1n) is 4.95. The molecule has 2 aromatic rings. The lowest BCUT2D eigenvalue weighted by Gasteiger charge is -2.04. The number of pyridine rings is 2. The number of hydrogen-bond donors (Lipinski definition) is 1. The van der Waals surface area contributed by atoms with Crippen LogP contribution in [0.1, 0.15) is 5.56 Å². The molecule has 0 saturated heterocycles. The maximum Gasteiger partial charge on any atom is 0.287 e. The van der Waals surface area contributed by atoms with Crippen molar-refractivity contribution >= 4 is 17.3 Å². The molecule has 6 nitrogen and oxygen atoms in total. The molecule has 0 aliphatic rings. The maximum absolute atomic E-state index is 10.4. The molecule has 0 spiro atoms. The highest BCUT2D eigenvalue weighted by Gasteiger charge is 2.05. The van der Waals surface area contributed by atoms with Gasteiger partial charge in [-0.25, -0.2) is 9.97 Å². The zero-order valence-electron chi connectivity index (χ0n) is 9.12. The second-order valence-electron chi connectivity index (χ2n) is 3.50. The molecule has 0 amide bonds. The molecule has 0 atom stereocenters. The first-order valence-corrected chi connectivity index (χ1v) is 4.95. The molecule has 0 aromatic carbocycles. The van der Waals surface area contributed by atoms with E-state index in [2.05, 4.69) is 15.3 Å². The lowest BCUT2D eigenvalue weighted by molar-refractivity contribution is -0.385. The Bertz CT molecular complexity index is 539. The van der Waals surface area contributed by atoms with Gasteiger partial charge in [0.05, 0.1) is 4.92 Å². The highest BCUT2D eigenvalue weighted by molar-refractivity contribution is 5.53. The summed E-state index contributed by atoms with van der Waals surface area (Å²) in [7, 11) is 0. The van der Waals surface area contributed by atoms with Gasteiger partial charge in [0.1, 0.15) is 17.8 Å². The Morgan fingerprint density at radius 3 is 2.65 bits per heavy atom. The average molecular weight is 230 g/mol. The number of aryl methyl sites for hydroxylation is 1. The Labute approximate surface area is 97.5 Å². The van der Waals surface area contributed by atoms with Crippen LogP contribution in [0.5, 0.6) is 0 Å². The van der Waals surface area contributed by atoms with Crippen LogP contribution in [0, 0.1) is 17.0 Å². The number of nitrogens with one attached hydrogen (secondary N) is 1. The van der Waals surface area contributed by atoms with E-state index in [4.69, 9.17) is 0 Å². The van der Waals surface area contributed by atoms with Gasteiger partial charge in [-0.05, 0) is 30.7 Å².